The van der Waals surface area contributed by atoms with Gasteiger partial charge in [-0.15, -0.1) is 11.3 Å². The highest BCUT2D eigenvalue weighted by Crippen LogP contribution is 2.28. The van der Waals surface area contributed by atoms with Crippen molar-refractivity contribution in [3.8, 4) is 0 Å². The van der Waals surface area contributed by atoms with Gasteiger partial charge in [0, 0.05) is 26.9 Å². The quantitative estimate of drug-likeness (QED) is 0.854. The summed E-state index contributed by atoms with van der Waals surface area (Å²) in [5.74, 6) is 0. The summed E-state index contributed by atoms with van der Waals surface area (Å²) in [6.45, 7) is 2.78. The van der Waals surface area contributed by atoms with Crippen LogP contribution in [0.15, 0.2) is 28.3 Å². The number of rotatable bonds is 3. The van der Waals surface area contributed by atoms with Crippen LogP contribution in [0, 0.1) is 6.92 Å². The van der Waals surface area contributed by atoms with Crippen molar-refractivity contribution in [2.75, 3.05) is 11.1 Å². The summed E-state index contributed by atoms with van der Waals surface area (Å²) in [6.07, 6.45) is 1.87. The molecular formula is C11H12BrN3S. The number of aryl methyl sites for hydroxylation is 1. The Kier molecular flexibility index (Phi) is 3.46. The van der Waals surface area contributed by atoms with Gasteiger partial charge in [-0.1, -0.05) is 0 Å². The molecule has 0 saturated carbocycles. The number of aromatic nitrogens is 1. The van der Waals surface area contributed by atoms with Gasteiger partial charge in [0.25, 0.3) is 0 Å². The number of thiazole rings is 1. The molecule has 1 aromatic carbocycles. The predicted octanol–water partition coefficient (Wildman–Crippen LogP) is 3.41. The third-order valence-corrected chi connectivity index (χ3v) is 3.73. The number of nitrogens with one attached hydrogen (secondary N) is 1. The van der Waals surface area contributed by atoms with Gasteiger partial charge in [-0.2, -0.15) is 0 Å². The molecule has 0 bridgehead atoms. The fourth-order valence-corrected chi connectivity index (χ4v) is 2.38. The Morgan fingerprint density at radius 1 is 1.50 bits per heavy atom. The first-order chi connectivity index (χ1) is 7.66. The molecule has 3 N–H and O–H groups in total. The number of hydrogen-bond acceptors (Lipinski definition) is 4. The van der Waals surface area contributed by atoms with Crippen LogP contribution in [0.4, 0.5) is 11.4 Å². The molecule has 16 heavy (non-hydrogen) atoms. The second-order valence-electron chi connectivity index (χ2n) is 3.51. The Balaban J connectivity index is 2.12. The number of benzene rings is 1. The molecule has 0 amide bonds. The molecule has 5 heteroatoms. The van der Waals surface area contributed by atoms with Crippen molar-refractivity contribution < 1.29 is 0 Å². The van der Waals surface area contributed by atoms with E-state index in [0.717, 1.165) is 28.0 Å². The van der Waals surface area contributed by atoms with Gasteiger partial charge in [-0.05, 0) is 40.5 Å². The second kappa shape index (κ2) is 4.84. The Morgan fingerprint density at radius 3 is 3.00 bits per heavy atom. The molecule has 0 aliphatic heterocycles. The minimum atomic E-state index is 0.784. The van der Waals surface area contributed by atoms with E-state index in [-0.39, 0.29) is 0 Å². The highest BCUT2D eigenvalue weighted by molar-refractivity contribution is 9.10. The summed E-state index contributed by atoms with van der Waals surface area (Å²) in [7, 11) is 0. The lowest BCUT2D eigenvalue weighted by molar-refractivity contribution is 1.17. The molecule has 1 heterocycles. The van der Waals surface area contributed by atoms with Crippen molar-refractivity contribution in [1.29, 1.82) is 0 Å². The van der Waals surface area contributed by atoms with E-state index in [1.165, 1.54) is 4.88 Å². The molecule has 0 spiro atoms. The molecule has 0 fully saturated rings. The number of nitrogens with two attached hydrogens (primary N) is 1. The Bertz CT molecular complexity index is 482. The van der Waals surface area contributed by atoms with Crippen molar-refractivity contribution in [2.24, 2.45) is 0 Å². The molecule has 2 aromatic rings. The Labute approximate surface area is 107 Å². The van der Waals surface area contributed by atoms with Gasteiger partial charge in [0.2, 0.25) is 0 Å². The molecule has 3 nitrogen and oxygen atoms in total. The number of hydrogen-bond donors (Lipinski definition) is 2. The Hall–Kier alpha value is -1.07. The monoisotopic (exact) mass is 297 g/mol. The maximum atomic E-state index is 5.81. The summed E-state index contributed by atoms with van der Waals surface area (Å²) in [5.41, 5.74) is 10.6. The molecule has 0 aliphatic carbocycles. The predicted molar refractivity (Wildman–Crippen MR) is 72.7 cm³/mol. The summed E-state index contributed by atoms with van der Waals surface area (Å²) in [5, 5.41) is 3.35. The lowest BCUT2D eigenvalue weighted by atomic mass is 10.2. The van der Waals surface area contributed by atoms with E-state index >= 15 is 0 Å². The Morgan fingerprint density at radius 2 is 2.31 bits per heavy atom. The minimum Gasteiger partial charge on any atom is -0.398 e. The number of anilines is 2. The normalized spacial score (nSPS) is 10.4. The van der Waals surface area contributed by atoms with Crippen LogP contribution in [0.3, 0.4) is 0 Å². The average Bonchev–Trinajstić information content (AvgIpc) is 2.74. The van der Waals surface area contributed by atoms with E-state index in [0.29, 0.717) is 0 Å². The van der Waals surface area contributed by atoms with Crippen molar-refractivity contribution in [3.05, 3.63) is 38.8 Å². The van der Waals surface area contributed by atoms with Crippen molar-refractivity contribution >= 4 is 38.6 Å². The van der Waals surface area contributed by atoms with Crippen molar-refractivity contribution in [2.45, 2.75) is 13.5 Å². The summed E-state index contributed by atoms with van der Waals surface area (Å²) in [4.78, 5) is 5.24. The zero-order valence-corrected chi connectivity index (χ0v) is 11.2. The van der Waals surface area contributed by atoms with Crippen LogP contribution in [0.2, 0.25) is 0 Å². The zero-order chi connectivity index (χ0) is 11.5. The second-order valence-corrected chi connectivity index (χ2v) is 5.34. The highest BCUT2D eigenvalue weighted by Gasteiger charge is 2.03. The fraction of sp³-hybridized carbons (Fsp3) is 0.182. The molecule has 0 atom stereocenters. The van der Waals surface area contributed by atoms with E-state index in [1.807, 2.05) is 30.8 Å². The van der Waals surface area contributed by atoms with Crippen LogP contribution in [0.5, 0.6) is 0 Å². The van der Waals surface area contributed by atoms with E-state index in [1.54, 1.807) is 11.3 Å². The zero-order valence-electron chi connectivity index (χ0n) is 8.83. The first kappa shape index (κ1) is 11.4. The van der Waals surface area contributed by atoms with Gasteiger partial charge in [0.15, 0.2) is 0 Å². The van der Waals surface area contributed by atoms with Gasteiger partial charge < -0.3 is 11.1 Å². The molecule has 0 aliphatic rings. The third-order valence-electron chi connectivity index (χ3n) is 2.29. The van der Waals surface area contributed by atoms with E-state index < -0.39 is 0 Å². The maximum absolute atomic E-state index is 5.81. The van der Waals surface area contributed by atoms with Crippen molar-refractivity contribution in [3.63, 3.8) is 0 Å². The first-order valence-electron chi connectivity index (χ1n) is 4.83. The molecular weight excluding hydrogens is 286 g/mol. The third kappa shape index (κ3) is 2.54. The van der Waals surface area contributed by atoms with Crippen LogP contribution in [-0.2, 0) is 6.54 Å². The van der Waals surface area contributed by atoms with E-state index in [9.17, 15) is 0 Å². The smallest absolute Gasteiger partial charge is 0.0794 e. The molecule has 0 radical (unpaired) electrons. The summed E-state index contributed by atoms with van der Waals surface area (Å²) in [6, 6.07) is 3.96. The van der Waals surface area contributed by atoms with Crippen LogP contribution in [0.1, 0.15) is 10.4 Å². The molecule has 2 rings (SSSR count). The van der Waals surface area contributed by atoms with Gasteiger partial charge in [0.05, 0.1) is 12.1 Å². The van der Waals surface area contributed by atoms with Crippen molar-refractivity contribution in [1.82, 2.24) is 4.98 Å². The van der Waals surface area contributed by atoms with Crippen LogP contribution < -0.4 is 11.1 Å². The molecule has 1 aromatic heterocycles. The molecule has 0 unspecified atom stereocenters. The first-order valence-corrected chi connectivity index (χ1v) is 6.51. The summed E-state index contributed by atoms with van der Waals surface area (Å²) >= 11 is 5.13. The number of halogens is 1. The van der Waals surface area contributed by atoms with E-state index in [4.69, 9.17) is 5.73 Å². The molecule has 0 saturated heterocycles. The van der Waals surface area contributed by atoms with Crippen LogP contribution in [-0.4, -0.2) is 4.98 Å². The summed E-state index contributed by atoms with van der Waals surface area (Å²) < 4.78 is 0.986. The topological polar surface area (TPSA) is 50.9 Å². The minimum absolute atomic E-state index is 0.784. The van der Waals surface area contributed by atoms with Gasteiger partial charge >= 0.3 is 0 Å². The molecule has 84 valence electrons. The standard InChI is InChI=1S/C11H12BrN3S/c1-7-2-11(9(12)3-10(7)13)15-5-8-4-14-6-16-8/h2-4,6,15H,5,13H2,1H3. The van der Waals surface area contributed by atoms with Gasteiger partial charge in [-0.3, -0.25) is 4.98 Å². The largest absolute Gasteiger partial charge is 0.398 e. The highest BCUT2D eigenvalue weighted by atomic mass is 79.9. The lowest BCUT2D eigenvalue weighted by Gasteiger charge is -2.10. The maximum Gasteiger partial charge on any atom is 0.0794 e. The lowest BCUT2D eigenvalue weighted by Crippen LogP contribution is -2.00. The fourth-order valence-electron chi connectivity index (χ4n) is 1.34. The van der Waals surface area contributed by atoms with Gasteiger partial charge in [0.1, 0.15) is 0 Å². The average molecular weight is 298 g/mol. The number of nitrogens with zero attached hydrogens (tertiary/aromatic N) is 1. The van der Waals surface area contributed by atoms with E-state index in [2.05, 4.69) is 26.2 Å². The van der Waals surface area contributed by atoms with Crippen LogP contribution in [0.25, 0.3) is 0 Å². The van der Waals surface area contributed by atoms with Crippen LogP contribution >= 0.6 is 27.3 Å². The number of nitrogen functional groups attached to an aromatic ring is 1. The van der Waals surface area contributed by atoms with Gasteiger partial charge in [-0.25, -0.2) is 0 Å². The SMILES string of the molecule is Cc1cc(NCc2cncs2)c(Br)cc1N.